The summed E-state index contributed by atoms with van der Waals surface area (Å²) in [4.78, 5) is 39.9. The third-order valence-corrected chi connectivity index (χ3v) is 6.25. The van der Waals surface area contributed by atoms with Gasteiger partial charge in [-0.15, -0.1) is 6.58 Å². The highest BCUT2D eigenvalue weighted by Gasteiger charge is 2.64. The van der Waals surface area contributed by atoms with Crippen LogP contribution in [0.5, 0.6) is 0 Å². The number of nitrogens with zero attached hydrogens (tertiary/aromatic N) is 1. The molecule has 0 spiro atoms. The number of carbonyl (C=O) groups is 3. The van der Waals surface area contributed by atoms with E-state index in [0.717, 1.165) is 0 Å². The minimum Gasteiger partial charge on any atom is -0.466 e. The number of hydrogen-bond donors (Lipinski definition) is 1. The van der Waals surface area contributed by atoms with Crippen LogP contribution in [-0.4, -0.2) is 58.8 Å². The Morgan fingerprint density at radius 1 is 1.31 bits per heavy atom. The lowest BCUT2D eigenvalue weighted by Crippen LogP contribution is -2.47. The molecule has 2 rings (SSSR count). The number of ether oxygens (including phenoxy) is 2. The highest BCUT2D eigenvalue weighted by atomic mass is 16.6. The first-order valence-electron chi connectivity index (χ1n) is 10.4. The number of esters is 1. The first-order chi connectivity index (χ1) is 13.4. The summed E-state index contributed by atoms with van der Waals surface area (Å²) in [5, 5.41) is 10.1. The minimum absolute atomic E-state index is 0.0251. The van der Waals surface area contributed by atoms with E-state index in [-0.39, 0.29) is 43.2 Å². The molecule has 7 nitrogen and oxygen atoms in total. The molecule has 1 aliphatic heterocycles. The Kier molecular flexibility index (Phi) is 6.82. The SMILES string of the molecule is C=C[C@@H]1C[C@@]1(C(=O)OCC)C(C)[C@H](C)C(=O)[C@@H]1C[C@@H](O)CN1C(=O)OC(C)(C)C. The number of hydrogen-bond acceptors (Lipinski definition) is 6. The molecular formula is C22H35NO6. The van der Waals surface area contributed by atoms with Crippen molar-refractivity contribution in [1.29, 1.82) is 0 Å². The van der Waals surface area contributed by atoms with Gasteiger partial charge < -0.3 is 14.6 Å². The lowest BCUT2D eigenvalue weighted by atomic mass is 9.76. The third-order valence-electron chi connectivity index (χ3n) is 6.25. The molecule has 1 saturated heterocycles. The van der Waals surface area contributed by atoms with Gasteiger partial charge in [0.05, 0.1) is 30.7 Å². The second-order valence-electron chi connectivity index (χ2n) is 9.32. The van der Waals surface area contributed by atoms with Crippen LogP contribution in [0.25, 0.3) is 0 Å². The van der Waals surface area contributed by atoms with E-state index in [2.05, 4.69) is 6.58 Å². The molecule has 2 fully saturated rings. The fraction of sp³-hybridized carbons (Fsp3) is 0.773. The molecule has 0 bridgehead atoms. The van der Waals surface area contributed by atoms with Crippen LogP contribution in [0.4, 0.5) is 4.79 Å². The highest BCUT2D eigenvalue weighted by Crippen LogP contribution is 2.61. The molecule has 2 aliphatic rings. The number of rotatable bonds is 7. The zero-order valence-corrected chi connectivity index (χ0v) is 18.4. The standard InChI is InChI=1S/C22H35NO6/c1-8-15-11-22(15,19(26)28-9-2)14(4)13(3)18(25)17-10-16(24)12-23(17)20(27)29-21(5,6)7/h8,13-17,24H,1,9-12H2,2-7H3/t13-,14?,15+,16+,17-,22+/m0/s1. The van der Waals surface area contributed by atoms with E-state index < -0.39 is 35.2 Å². The predicted molar refractivity (Wildman–Crippen MR) is 108 cm³/mol. The average molecular weight is 410 g/mol. The van der Waals surface area contributed by atoms with Gasteiger partial charge in [0.1, 0.15) is 5.60 Å². The van der Waals surface area contributed by atoms with Crippen LogP contribution in [0.15, 0.2) is 12.7 Å². The molecule has 1 unspecified atom stereocenters. The van der Waals surface area contributed by atoms with Gasteiger partial charge in [-0.05, 0) is 46.0 Å². The van der Waals surface area contributed by atoms with Crippen LogP contribution in [0, 0.1) is 23.2 Å². The largest absolute Gasteiger partial charge is 0.466 e. The second-order valence-corrected chi connectivity index (χ2v) is 9.32. The van der Waals surface area contributed by atoms with Crippen molar-refractivity contribution in [1.82, 2.24) is 4.90 Å². The van der Waals surface area contributed by atoms with E-state index in [1.54, 1.807) is 40.7 Å². The number of ketones is 1. The van der Waals surface area contributed by atoms with Crippen molar-refractivity contribution in [2.24, 2.45) is 23.2 Å². The lowest BCUT2D eigenvalue weighted by Gasteiger charge is -2.32. The van der Waals surface area contributed by atoms with Crippen molar-refractivity contribution in [3.8, 4) is 0 Å². The first kappa shape index (κ1) is 23.4. The summed E-state index contributed by atoms with van der Waals surface area (Å²) in [5.41, 5.74) is -1.45. The summed E-state index contributed by atoms with van der Waals surface area (Å²) < 4.78 is 10.7. The first-order valence-corrected chi connectivity index (χ1v) is 10.4. The summed E-state index contributed by atoms with van der Waals surface area (Å²) in [6.45, 7) is 14.8. The zero-order chi connectivity index (χ0) is 22.1. The van der Waals surface area contributed by atoms with Crippen molar-refractivity contribution in [2.45, 2.75) is 72.1 Å². The molecular weight excluding hydrogens is 374 g/mol. The molecule has 0 radical (unpaired) electrons. The summed E-state index contributed by atoms with van der Waals surface area (Å²) in [7, 11) is 0. The van der Waals surface area contributed by atoms with E-state index in [9.17, 15) is 19.5 Å². The van der Waals surface area contributed by atoms with Gasteiger partial charge in [0.2, 0.25) is 0 Å². The van der Waals surface area contributed by atoms with E-state index in [4.69, 9.17) is 9.47 Å². The van der Waals surface area contributed by atoms with Gasteiger partial charge in [-0.1, -0.05) is 19.9 Å². The average Bonchev–Trinajstić information content (AvgIpc) is 3.25. The molecule has 1 saturated carbocycles. The monoisotopic (exact) mass is 409 g/mol. The van der Waals surface area contributed by atoms with E-state index in [1.807, 2.05) is 6.92 Å². The Bertz CT molecular complexity index is 669. The van der Waals surface area contributed by atoms with Crippen LogP contribution in [0.2, 0.25) is 0 Å². The van der Waals surface area contributed by atoms with Gasteiger partial charge in [-0.2, -0.15) is 0 Å². The Morgan fingerprint density at radius 2 is 1.93 bits per heavy atom. The summed E-state index contributed by atoms with van der Waals surface area (Å²) in [6.07, 6.45) is 1.14. The molecule has 1 heterocycles. The number of allylic oxidation sites excluding steroid dienone is 1. The van der Waals surface area contributed by atoms with Gasteiger partial charge in [-0.25, -0.2) is 4.79 Å². The Labute approximate surface area is 173 Å². The van der Waals surface area contributed by atoms with E-state index in [0.29, 0.717) is 6.42 Å². The van der Waals surface area contributed by atoms with E-state index in [1.165, 1.54) is 4.90 Å². The molecule has 1 N–H and O–H groups in total. The van der Waals surface area contributed by atoms with Gasteiger partial charge in [0.15, 0.2) is 5.78 Å². The molecule has 0 aromatic rings. The van der Waals surface area contributed by atoms with Crippen LogP contribution in [0.3, 0.4) is 0 Å². The van der Waals surface area contributed by atoms with E-state index >= 15 is 0 Å². The Morgan fingerprint density at radius 3 is 2.41 bits per heavy atom. The number of Topliss-reactive ketones (excluding diaryl/α,β-unsaturated/α-hetero) is 1. The molecule has 29 heavy (non-hydrogen) atoms. The summed E-state index contributed by atoms with van der Waals surface area (Å²) in [6, 6.07) is -0.766. The van der Waals surface area contributed by atoms with Crippen molar-refractivity contribution < 1.29 is 29.0 Å². The molecule has 1 aliphatic carbocycles. The second kappa shape index (κ2) is 8.46. The molecule has 6 atom stereocenters. The van der Waals surface area contributed by atoms with Crippen molar-refractivity contribution in [3.05, 3.63) is 12.7 Å². The zero-order valence-electron chi connectivity index (χ0n) is 18.4. The van der Waals surface area contributed by atoms with Gasteiger partial charge in [0, 0.05) is 12.3 Å². The molecule has 7 heteroatoms. The predicted octanol–water partition coefficient (Wildman–Crippen LogP) is 2.95. The van der Waals surface area contributed by atoms with Gasteiger partial charge in [-0.3, -0.25) is 14.5 Å². The maximum Gasteiger partial charge on any atom is 0.410 e. The summed E-state index contributed by atoms with van der Waals surface area (Å²) in [5.74, 6) is -1.27. The van der Waals surface area contributed by atoms with Crippen LogP contribution >= 0.6 is 0 Å². The topological polar surface area (TPSA) is 93.1 Å². The fourth-order valence-corrected chi connectivity index (χ4v) is 4.41. The number of aliphatic hydroxyl groups excluding tert-OH is 1. The van der Waals surface area contributed by atoms with Crippen LogP contribution in [-0.2, 0) is 19.1 Å². The van der Waals surface area contributed by atoms with Crippen molar-refractivity contribution in [3.63, 3.8) is 0 Å². The number of aliphatic hydroxyl groups is 1. The summed E-state index contributed by atoms with van der Waals surface area (Å²) >= 11 is 0. The van der Waals surface area contributed by atoms with Crippen LogP contribution in [0.1, 0.15) is 54.4 Å². The molecule has 164 valence electrons. The third kappa shape index (κ3) is 4.65. The van der Waals surface area contributed by atoms with Gasteiger partial charge >= 0.3 is 12.1 Å². The Hall–Kier alpha value is -1.89. The Balaban J connectivity index is 2.19. The normalized spacial score (nSPS) is 31.0. The quantitative estimate of drug-likeness (QED) is 0.513. The lowest BCUT2D eigenvalue weighted by molar-refractivity contribution is -0.154. The number of β-amino-alcohol motifs (C(OH)–C–C–N with tert-alkyl or cyclic N) is 1. The number of carbonyl (C=O) groups excluding carboxylic acids is 3. The van der Waals surface area contributed by atoms with Gasteiger partial charge in [0.25, 0.3) is 0 Å². The van der Waals surface area contributed by atoms with Crippen LogP contribution < -0.4 is 0 Å². The number of likely N-dealkylation sites (tertiary alicyclic amines) is 1. The van der Waals surface area contributed by atoms with Crippen molar-refractivity contribution in [2.75, 3.05) is 13.2 Å². The minimum atomic E-state index is -0.778. The maximum atomic E-state index is 13.3. The molecule has 1 amide bonds. The number of amides is 1. The smallest absolute Gasteiger partial charge is 0.410 e. The highest BCUT2D eigenvalue weighted by molar-refractivity contribution is 5.91. The molecule has 0 aromatic heterocycles. The fourth-order valence-electron chi connectivity index (χ4n) is 4.41. The van der Waals surface area contributed by atoms with Crippen molar-refractivity contribution >= 4 is 17.8 Å². The maximum absolute atomic E-state index is 13.3. The molecule has 0 aromatic carbocycles.